The van der Waals surface area contributed by atoms with Crippen LogP contribution in [0.15, 0.2) is 36.4 Å². The number of nitrogens with one attached hydrogen (secondary N) is 2. The number of carbonyl (C=O) groups excluding carboxylic acids is 3. The second-order valence-corrected chi connectivity index (χ2v) is 7.76. The van der Waals surface area contributed by atoms with E-state index >= 15 is 0 Å². The van der Waals surface area contributed by atoms with Crippen molar-refractivity contribution in [1.29, 1.82) is 0 Å². The van der Waals surface area contributed by atoms with Crippen LogP contribution in [0.4, 0.5) is 5.69 Å². The zero-order valence-electron chi connectivity index (χ0n) is 17.5. The van der Waals surface area contributed by atoms with Crippen molar-refractivity contribution < 1.29 is 24.2 Å². The number of anilines is 1. The molecule has 8 heteroatoms. The van der Waals surface area contributed by atoms with Crippen LogP contribution in [0.2, 0.25) is 0 Å². The molecule has 0 aromatic heterocycles. The van der Waals surface area contributed by atoms with Gasteiger partial charge >= 0.3 is 0 Å². The predicted octanol–water partition coefficient (Wildman–Crippen LogP) is 1.03. The molecule has 1 saturated heterocycles. The van der Waals surface area contributed by atoms with Gasteiger partial charge in [-0.05, 0) is 36.6 Å². The van der Waals surface area contributed by atoms with Gasteiger partial charge in [0.25, 0.3) is 0 Å². The number of amides is 3. The molecule has 30 heavy (non-hydrogen) atoms. The number of methoxy groups -OCH3 is 1. The fraction of sp³-hybridized carbons (Fsp3) is 0.500. The summed E-state index contributed by atoms with van der Waals surface area (Å²) in [6.07, 6.45) is 4.17. The van der Waals surface area contributed by atoms with Crippen LogP contribution in [-0.4, -0.2) is 61.1 Å². The minimum atomic E-state index is -0.743. The maximum atomic E-state index is 13.3. The van der Waals surface area contributed by atoms with Gasteiger partial charge in [0.15, 0.2) is 0 Å². The van der Waals surface area contributed by atoms with E-state index in [1.807, 2.05) is 19.1 Å². The fourth-order valence-electron chi connectivity index (χ4n) is 4.53. The smallest absolute Gasteiger partial charge is 0.247 e. The molecule has 1 aliphatic carbocycles. The highest BCUT2D eigenvalue weighted by molar-refractivity contribution is 6.01. The van der Waals surface area contributed by atoms with Crippen molar-refractivity contribution in [1.82, 2.24) is 10.2 Å². The monoisotopic (exact) mass is 415 g/mol. The molecule has 0 spiro atoms. The fourth-order valence-corrected chi connectivity index (χ4v) is 4.53. The molecule has 0 radical (unpaired) electrons. The maximum absolute atomic E-state index is 13.3. The Morgan fingerprint density at radius 3 is 2.47 bits per heavy atom. The molecule has 1 aromatic rings. The van der Waals surface area contributed by atoms with Crippen LogP contribution in [0.3, 0.4) is 0 Å². The average molecular weight is 415 g/mol. The summed E-state index contributed by atoms with van der Waals surface area (Å²) in [4.78, 5) is 40.6. The molecular formula is C22H29N3O5. The lowest BCUT2D eigenvalue weighted by molar-refractivity contribution is -0.140. The molecule has 0 saturated carbocycles. The number of fused-ring (bicyclic) bond motifs is 1. The third-order valence-electron chi connectivity index (χ3n) is 6.01. The first kappa shape index (κ1) is 21.8. The lowest BCUT2D eigenvalue weighted by Gasteiger charge is -2.32. The number of likely N-dealkylation sites (tertiary alicyclic amines) is 1. The lowest BCUT2D eigenvalue weighted by atomic mass is 9.70. The molecule has 1 aromatic carbocycles. The quantitative estimate of drug-likeness (QED) is 0.577. The first-order valence-corrected chi connectivity index (χ1v) is 10.2. The number of benzene rings is 1. The number of hydrogen-bond acceptors (Lipinski definition) is 5. The number of carbonyl (C=O) groups is 3. The van der Waals surface area contributed by atoms with Gasteiger partial charge in [0.05, 0.1) is 18.9 Å². The molecule has 162 valence electrons. The highest BCUT2D eigenvalue weighted by atomic mass is 16.5. The van der Waals surface area contributed by atoms with Gasteiger partial charge in [-0.15, -0.1) is 0 Å². The van der Waals surface area contributed by atoms with Crippen molar-refractivity contribution >= 4 is 23.4 Å². The zero-order valence-corrected chi connectivity index (χ0v) is 17.5. The average Bonchev–Trinajstić information content (AvgIpc) is 3.04. The van der Waals surface area contributed by atoms with Crippen molar-refractivity contribution in [2.24, 2.45) is 23.7 Å². The molecule has 3 rings (SSSR count). The standard InChI is InChI=1S/C22H29N3O5/c1-13-5-10-16-18(17(13)20(27)23-2)22(29)25(11-4-12-26)19(16)21(28)24-14-6-8-15(30-3)9-7-14/h5-10,13,16-19,26H,4,11-12H2,1-3H3,(H,23,27)(H,24,28)/t13-,16+,17-,18+,19+/m1/s1. The van der Waals surface area contributed by atoms with Gasteiger partial charge in [-0.3, -0.25) is 14.4 Å². The first-order valence-electron chi connectivity index (χ1n) is 10.2. The summed E-state index contributed by atoms with van der Waals surface area (Å²) in [6.45, 7) is 2.07. The molecule has 2 aliphatic rings. The summed E-state index contributed by atoms with van der Waals surface area (Å²) in [5.41, 5.74) is 0.592. The lowest BCUT2D eigenvalue weighted by Crippen LogP contribution is -2.45. The topological polar surface area (TPSA) is 108 Å². The van der Waals surface area contributed by atoms with Crippen LogP contribution in [-0.2, 0) is 14.4 Å². The number of hydrogen-bond donors (Lipinski definition) is 3. The minimum absolute atomic E-state index is 0.0863. The zero-order chi connectivity index (χ0) is 21.8. The van der Waals surface area contributed by atoms with Gasteiger partial charge in [0.1, 0.15) is 11.8 Å². The second-order valence-electron chi connectivity index (χ2n) is 7.76. The highest BCUT2D eigenvalue weighted by Gasteiger charge is 2.56. The van der Waals surface area contributed by atoms with Crippen LogP contribution in [0.5, 0.6) is 5.75 Å². The van der Waals surface area contributed by atoms with Crippen molar-refractivity contribution in [2.45, 2.75) is 19.4 Å². The van der Waals surface area contributed by atoms with Crippen molar-refractivity contribution in [3.8, 4) is 5.75 Å². The summed E-state index contributed by atoms with van der Waals surface area (Å²) in [7, 11) is 3.12. The van der Waals surface area contributed by atoms with Gasteiger partial charge in [-0.1, -0.05) is 19.1 Å². The Morgan fingerprint density at radius 2 is 1.87 bits per heavy atom. The largest absolute Gasteiger partial charge is 0.497 e. The van der Waals surface area contributed by atoms with E-state index in [-0.39, 0.29) is 36.8 Å². The van der Waals surface area contributed by atoms with Crippen molar-refractivity contribution in [3.63, 3.8) is 0 Å². The number of ether oxygens (including phenoxy) is 1. The van der Waals surface area contributed by atoms with E-state index in [4.69, 9.17) is 4.74 Å². The third kappa shape index (κ3) is 4.05. The predicted molar refractivity (Wildman–Crippen MR) is 112 cm³/mol. The maximum Gasteiger partial charge on any atom is 0.247 e. The van der Waals surface area contributed by atoms with Crippen molar-refractivity contribution in [2.75, 3.05) is 32.6 Å². The Labute approximate surface area is 176 Å². The first-order chi connectivity index (χ1) is 14.4. The van der Waals surface area contributed by atoms with Gasteiger partial charge in [-0.2, -0.15) is 0 Å². The number of nitrogens with zero attached hydrogens (tertiary/aromatic N) is 1. The Bertz CT molecular complexity index is 823. The molecule has 1 heterocycles. The highest BCUT2D eigenvalue weighted by Crippen LogP contribution is 2.44. The summed E-state index contributed by atoms with van der Waals surface area (Å²) >= 11 is 0. The number of allylic oxidation sites excluding steroid dienone is 1. The van der Waals surface area contributed by atoms with E-state index in [2.05, 4.69) is 10.6 Å². The van der Waals surface area contributed by atoms with E-state index < -0.39 is 23.8 Å². The van der Waals surface area contributed by atoms with Crippen LogP contribution < -0.4 is 15.4 Å². The molecule has 8 nitrogen and oxygen atoms in total. The molecule has 5 atom stereocenters. The minimum Gasteiger partial charge on any atom is -0.497 e. The molecule has 3 amide bonds. The third-order valence-corrected chi connectivity index (χ3v) is 6.01. The van der Waals surface area contributed by atoms with E-state index in [0.29, 0.717) is 17.9 Å². The second kappa shape index (κ2) is 9.30. The Balaban J connectivity index is 1.91. The molecule has 0 bridgehead atoms. The van der Waals surface area contributed by atoms with Crippen LogP contribution in [0.25, 0.3) is 0 Å². The summed E-state index contributed by atoms with van der Waals surface area (Å²) in [5, 5.41) is 14.8. The molecule has 0 unspecified atom stereocenters. The summed E-state index contributed by atoms with van der Waals surface area (Å²) in [5.74, 6) is -1.71. The van der Waals surface area contributed by atoms with Crippen molar-refractivity contribution in [3.05, 3.63) is 36.4 Å². The number of rotatable bonds is 7. The SMILES string of the molecule is CNC(=O)[C@H]1[C@H]2C(=O)N(CCCO)[C@H](C(=O)Nc3ccc(OC)cc3)[C@H]2C=C[C@H]1C. The van der Waals surface area contributed by atoms with E-state index in [1.165, 1.54) is 4.90 Å². The van der Waals surface area contributed by atoms with Crippen LogP contribution in [0, 0.1) is 23.7 Å². The summed E-state index contributed by atoms with van der Waals surface area (Å²) < 4.78 is 5.14. The van der Waals surface area contributed by atoms with Crippen LogP contribution in [0.1, 0.15) is 13.3 Å². The van der Waals surface area contributed by atoms with Gasteiger partial charge < -0.3 is 25.4 Å². The molecule has 1 fully saturated rings. The van der Waals surface area contributed by atoms with Gasteiger partial charge in [0.2, 0.25) is 17.7 Å². The Morgan fingerprint density at radius 1 is 1.17 bits per heavy atom. The molecular weight excluding hydrogens is 386 g/mol. The van der Waals surface area contributed by atoms with Crippen LogP contribution >= 0.6 is 0 Å². The summed E-state index contributed by atoms with van der Waals surface area (Å²) in [6, 6.07) is 6.20. The normalized spacial score (nSPS) is 27.5. The van der Waals surface area contributed by atoms with Gasteiger partial charge in [-0.25, -0.2) is 0 Å². The molecule has 3 N–H and O–H groups in total. The Kier molecular flexibility index (Phi) is 6.77. The van der Waals surface area contributed by atoms with E-state index in [9.17, 15) is 19.5 Å². The van der Waals surface area contributed by atoms with E-state index in [1.54, 1.807) is 38.4 Å². The molecule has 1 aliphatic heterocycles. The number of aliphatic hydroxyl groups is 1. The van der Waals surface area contributed by atoms with E-state index in [0.717, 1.165) is 0 Å². The van der Waals surface area contributed by atoms with Gasteiger partial charge in [0, 0.05) is 31.8 Å². The number of aliphatic hydroxyl groups excluding tert-OH is 1. The Hall–Kier alpha value is -2.87.